The molecule has 0 saturated carbocycles. The van der Waals surface area contributed by atoms with Crippen molar-refractivity contribution in [2.45, 2.75) is 0 Å². The molecule has 0 aromatic heterocycles. The van der Waals surface area contributed by atoms with E-state index in [1.807, 2.05) is 0 Å². The summed E-state index contributed by atoms with van der Waals surface area (Å²) in [7, 11) is 0. The van der Waals surface area contributed by atoms with E-state index in [-0.39, 0.29) is 6.08 Å². The van der Waals surface area contributed by atoms with Crippen molar-refractivity contribution in [3.8, 4) is 17.2 Å². The zero-order chi connectivity index (χ0) is 20.3. The van der Waals surface area contributed by atoms with Gasteiger partial charge in [0.1, 0.15) is 0 Å². The molecule has 0 spiro atoms. The number of hydrogen-bond donors (Lipinski definition) is 8. The Morgan fingerprint density at radius 2 is 1.31 bits per heavy atom. The lowest BCUT2D eigenvalue weighted by Crippen LogP contribution is -2.14. The van der Waals surface area contributed by atoms with Gasteiger partial charge in [-0.15, -0.1) is 0 Å². The predicted octanol–water partition coefficient (Wildman–Crippen LogP) is -0.0491. The van der Waals surface area contributed by atoms with Crippen molar-refractivity contribution in [2.24, 2.45) is 0 Å². The Morgan fingerprint density at radius 1 is 0.769 bits per heavy atom. The Hall–Kier alpha value is -4.22. The van der Waals surface area contributed by atoms with Gasteiger partial charge in [0.25, 0.3) is 0 Å². The molecule has 0 saturated heterocycles. The van der Waals surface area contributed by atoms with Crippen LogP contribution in [0.2, 0.25) is 0 Å². The van der Waals surface area contributed by atoms with E-state index >= 15 is 0 Å². The van der Waals surface area contributed by atoms with Gasteiger partial charge < -0.3 is 40.9 Å². The summed E-state index contributed by atoms with van der Waals surface area (Å²) in [5.74, 6) is -13.8. The van der Waals surface area contributed by atoms with E-state index in [4.69, 9.17) is 15.3 Å². The first kappa shape index (κ1) is 19.8. The Kier molecular flexibility index (Phi) is 5.43. The van der Waals surface area contributed by atoms with Crippen molar-refractivity contribution in [1.82, 2.24) is 0 Å². The van der Waals surface area contributed by atoms with Gasteiger partial charge in [-0.3, -0.25) is 0 Å². The summed E-state index contributed by atoms with van der Waals surface area (Å²) in [5.41, 5.74) is -5.22. The molecule has 0 unspecified atom stereocenters. The topological polar surface area (TPSA) is 230 Å². The number of aromatic carboxylic acids is 1. The molecule has 0 atom stereocenters. The summed E-state index contributed by atoms with van der Waals surface area (Å²) in [6.07, 6.45) is 0.00307. The summed E-state index contributed by atoms with van der Waals surface area (Å²) < 4.78 is 0. The Balaban J connectivity index is 4.14. The van der Waals surface area contributed by atoms with Crippen molar-refractivity contribution in [1.29, 1.82) is 0 Å². The zero-order valence-corrected chi connectivity index (χ0v) is 12.4. The van der Waals surface area contributed by atoms with Crippen LogP contribution in [0.15, 0.2) is 23.5 Å². The number of aromatic hydroxyl groups is 3. The Bertz CT molecular complexity index is 890. The summed E-state index contributed by atoms with van der Waals surface area (Å²) >= 11 is 0. The molecule has 0 radical (unpaired) electrons. The molecule has 1 rings (SSSR count). The van der Waals surface area contributed by atoms with Crippen LogP contribution >= 0.6 is 0 Å². The van der Waals surface area contributed by atoms with Gasteiger partial charge in [-0.2, -0.15) is 0 Å². The van der Waals surface area contributed by atoms with E-state index in [0.29, 0.717) is 6.07 Å². The maximum Gasteiger partial charge on any atom is 0.370 e. The average Bonchev–Trinajstić information content (AvgIpc) is 2.52. The fourth-order valence-corrected chi connectivity index (χ4v) is 1.86. The second kappa shape index (κ2) is 7.12. The highest BCUT2D eigenvalue weighted by Gasteiger charge is 2.31. The summed E-state index contributed by atoms with van der Waals surface area (Å²) in [6.45, 7) is 0. The first-order valence-corrected chi connectivity index (χ1v) is 6.26. The third-order valence-corrected chi connectivity index (χ3v) is 2.95. The van der Waals surface area contributed by atoms with Gasteiger partial charge in [0, 0.05) is 6.08 Å². The molecule has 0 aliphatic heterocycles. The van der Waals surface area contributed by atoms with Gasteiger partial charge in [0.2, 0.25) is 11.5 Å². The molecule has 8 N–H and O–H groups in total. The van der Waals surface area contributed by atoms with E-state index < -0.39 is 69.2 Å². The van der Waals surface area contributed by atoms with Gasteiger partial charge in [-0.25, -0.2) is 19.2 Å². The van der Waals surface area contributed by atoms with Crippen LogP contribution in [0.3, 0.4) is 0 Å². The molecule has 0 aliphatic rings. The lowest BCUT2D eigenvalue weighted by atomic mass is 9.93. The van der Waals surface area contributed by atoms with Gasteiger partial charge in [-0.1, -0.05) is 0 Å². The average molecular weight is 370 g/mol. The molecule has 12 heteroatoms. The van der Waals surface area contributed by atoms with Crippen LogP contribution in [0, 0.1) is 0 Å². The number of aliphatic carboxylic acids is 3. The molecule has 0 amide bonds. The smallest absolute Gasteiger partial charge is 0.370 e. The highest BCUT2D eigenvalue weighted by molar-refractivity contribution is 6.25. The van der Waals surface area contributed by atoms with Gasteiger partial charge in [0.15, 0.2) is 11.5 Å². The predicted molar refractivity (Wildman–Crippen MR) is 78.9 cm³/mol. The number of phenolic OH excluding ortho intramolecular Hbond substituents is 3. The SMILES string of the molecule is O=C(O)/C(O)=C/C(C(=O)O)=C(\C(=O)O)c1c(C(=O)O)cc(O)c(O)c1O. The lowest BCUT2D eigenvalue weighted by Gasteiger charge is -2.13. The molecule has 138 valence electrons. The number of hydrogen-bond acceptors (Lipinski definition) is 8. The zero-order valence-electron chi connectivity index (χ0n) is 12.4. The van der Waals surface area contributed by atoms with Gasteiger partial charge >= 0.3 is 23.9 Å². The number of aliphatic hydroxyl groups is 1. The van der Waals surface area contributed by atoms with E-state index in [0.717, 1.165) is 0 Å². The molecule has 0 heterocycles. The number of aliphatic hydroxyl groups excluding tert-OH is 1. The molecule has 1 aromatic rings. The first-order chi connectivity index (χ1) is 11.9. The molecule has 0 aliphatic carbocycles. The highest BCUT2D eigenvalue weighted by Crippen LogP contribution is 2.43. The second-order valence-electron chi connectivity index (χ2n) is 4.55. The van der Waals surface area contributed by atoms with E-state index in [1.54, 1.807) is 0 Å². The van der Waals surface area contributed by atoms with Gasteiger partial charge in [0.05, 0.1) is 22.3 Å². The number of phenols is 3. The highest BCUT2D eigenvalue weighted by atomic mass is 16.4. The number of benzene rings is 1. The molecule has 26 heavy (non-hydrogen) atoms. The van der Waals surface area contributed by atoms with E-state index in [2.05, 4.69) is 0 Å². The summed E-state index contributed by atoms with van der Waals surface area (Å²) in [6, 6.07) is 0.343. The van der Waals surface area contributed by atoms with E-state index in [9.17, 15) is 44.7 Å². The third kappa shape index (κ3) is 3.64. The monoisotopic (exact) mass is 370 g/mol. The standard InChI is InChI=1S/C14H10O12/c15-5-1-3(11(19)20)7(10(18)9(5)17)8(14(25)26)4(12(21)22)2-6(16)13(23)24/h1-2,15-18H,(H,19,20)(H,21,22)(H,23,24)(H,25,26)/b6-2-,8-4+. The van der Waals surface area contributed by atoms with Crippen molar-refractivity contribution in [3.63, 3.8) is 0 Å². The minimum atomic E-state index is -2.14. The van der Waals surface area contributed by atoms with E-state index in [1.165, 1.54) is 0 Å². The van der Waals surface area contributed by atoms with Crippen LogP contribution in [-0.4, -0.2) is 64.7 Å². The molecule has 12 nitrogen and oxygen atoms in total. The largest absolute Gasteiger partial charge is 0.504 e. The van der Waals surface area contributed by atoms with Crippen LogP contribution < -0.4 is 0 Å². The van der Waals surface area contributed by atoms with Crippen molar-refractivity contribution >= 4 is 29.5 Å². The van der Waals surface area contributed by atoms with Crippen molar-refractivity contribution in [2.75, 3.05) is 0 Å². The number of carboxylic acid groups (broad SMARTS) is 4. The second-order valence-corrected chi connectivity index (χ2v) is 4.55. The van der Waals surface area contributed by atoms with Crippen LogP contribution in [0.1, 0.15) is 15.9 Å². The van der Waals surface area contributed by atoms with Crippen LogP contribution in [0.25, 0.3) is 5.57 Å². The van der Waals surface area contributed by atoms with Crippen LogP contribution in [-0.2, 0) is 14.4 Å². The lowest BCUT2D eigenvalue weighted by molar-refractivity contribution is -0.135. The molecular formula is C14H10O12. The minimum Gasteiger partial charge on any atom is -0.504 e. The molecule has 1 aromatic carbocycles. The van der Waals surface area contributed by atoms with Crippen molar-refractivity contribution < 1.29 is 60.0 Å². The summed E-state index contributed by atoms with van der Waals surface area (Å²) in [5, 5.41) is 73.9. The summed E-state index contributed by atoms with van der Waals surface area (Å²) in [4.78, 5) is 44.7. The first-order valence-electron chi connectivity index (χ1n) is 6.26. The maximum atomic E-state index is 11.5. The molecule has 0 bridgehead atoms. The molecule has 0 fully saturated rings. The molecular weight excluding hydrogens is 360 g/mol. The fourth-order valence-electron chi connectivity index (χ4n) is 1.86. The van der Waals surface area contributed by atoms with Crippen molar-refractivity contribution in [3.05, 3.63) is 34.6 Å². The Morgan fingerprint density at radius 3 is 1.69 bits per heavy atom. The number of carbonyl (C=O) groups is 4. The fraction of sp³-hybridized carbons (Fsp3) is 0. The normalized spacial score (nSPS) is 12.2. The quantitative estimate of drug-likeness (QED) is 0.142. The third-order valence-electron chi connectivity index (χ3n) is 2.95. The van der Waals surface area contributed by atoms with Crippen LogP contribution in [0.5, 0.6) is 17.2 Å². The Labute approximate surface area is 142 Å². The number of rotatable bonds is 6. The maximum absolute atomic E-state index is 11.5. The van der Waals surface area contributed by atoms with Crippen LogP contribution in [0.4, 0.5) is 0 Å². The minimum absolute atomic E-state index is 0.00307. The van der Waals surface area contributed by atoms with Gasteiger partial charge in [-0.05, 0) is 6.07 Å². The number of carboxylic acids is 4.